The van der Waals surface area contributed by atoms with Crippen molar-refractivity contribution in [3.8, 4) is 101 Å². The molecule has 3 aromatic heterocycles. The Bertz CT molecular complexity index is 4990. The number of fused-ring (bicyclic) bond motifs is 6. The van der Waals surface area contributed by atoms with Crippen LogP contribution in [0.5, 0.6) is 0 Å². The van der Waals surface area contributed by atoms with Gasteiger partial charge < -0.3 is 9.13 Å². The van der Waals surface area contributed by atoms with Crippen LogP contribution in [0.15, 0.2) is 315 Å². The van der Waals surface area contributed by atoms with Crippen LogP contribution in [-0.4, -0.2) is 24.1 Å². The molecular weight excluding hydrogens is 1040 g/mol. The van der Waals surface area contributed by atoms with Crippen molar-refractivity contribution in [2.45, 2.75) is 12.3 Å². The van der Waals surface area contributed by atoms with Gasteiger partial charge in [-0.05, 0) is 117 Å². The summed E-state index contributed by atoms with van der Waals surface area (Å²) >= 11 is 0. The van der Waals surface area contributed by atoms with Crippen LogP contribution >= 0.6 is 0 Å². The van der Waals surface area contributed by atoms with E-state index in [0.29, 0.717) is 17.5 Å². The molecule has 0 saturated carbocycles. The van der Waals surface area contributed by atoms with Crippen molar-refractivity contribution < 1.29 is 0 Å². The summed E-state index contributed by atoms with van der Waals surface area (Å²) in [5.41, 5.74) is 21.6. The van der Waals surface area contributed by atoms with E-state index in [9.17, 15) is 0 Å². The van der Waals surface area contributed by atoms with E-state index in [4.69, 9.17) is 15.0 Å². The summed E-state index contributed by atoms with van der Waals surface area (Å²) in [6, 6.07) is 105. The summed E-state index contributed by atoms with van der Waals surface area (Å²) in [6.45, 7) is 0. The first-order valence-electron chi connectivity index (χ1n) is 29.5. The Morgan fingerprint density at radius 3 is 1.29 bits per heavy atom. The molecule has 5 heteroatoms. The number of hydrogen-bond donors (Lipinski definition) is 0. The van der Waals surface area contributed by atoms with E-state index in [0.717, 1.165) is 112 Å². The van der Waals surface area contributed by atoms with Crippen molar-refractivity contribution >= 4 is 43.6 Å². The average molecular weight is 1100 g/mol. The quantitative estimate of drug-likeness (QED) is 0.130. The lowest BCUT2D eigenvalue weighted by Gasteiger charge is -2.21. The largest absolute Gasteiger partial charge is 0.309 e. The molecule has 3 heterocycles. The van der Waals surface area contributed by atoms with Gasteiger partial charge in [0.25, 0.3) is 0 Å². The van der Waals surface area contributed by atoms with E-state index < -0.39 is 0 Å². The molecule has 86 heavy (non-hydrogen) atoms. The number of aromatic nitrogens is 5. The third-order valence-corrected chi connectivity index (χ3v) is 17.1. The van der Waals surface area contributed by atoms with Gasteiger partial charge in [0.05, 0.1) is 27.8 Å². The fraction of sp³-hybridized carbons (Fsp3) is 0.0247. The highest BCUT2D eigenvalue weighted by molar-refractivity contribution is 6.14. The van der Waals surface area contributed by atoms with Gasteiger partial charge in [-0.15, -0.1) is 0 Å². The topological polar surface area (TPSA) is 48.5 Å². The minimum atomic E-state index is 0.201. The van der Waals surface area contributed by atoms with Crippen LogP contribution in [0.1, 0.15) is 17.9 Å². The molecule has 0 aliphatic heterocycles. The molecule has 0 radical (unpaired) electrons. The zero-order valence-corrected chi connectivity index (χ0v) is 47.0. The van der Waals surface area contributed by atoms with Gasteiger partial charge in [-0.1, -0.05) is 255 Å². The minimum absolute atomic E-state index is 0.201. The van der Waals surface area contributed by atoms with E-state index in [-0.39, 0.29) is 5.92 Å². The Kier molecular flexibility index (Phi) is 12.6. The highest BCUT2D eigenvalue weighted by Crippen LogP contribution is 2.46. The van der Waals surface area contributed by atoms with E-state index in [1.54, 1.807) is 0 Å². The number of allylic oxidation sites excluding steroid dienone is 4. The van der Waals surface area contributed by atoms with Crippen molar-refractivity contribution in [3.63, 3.8) is 0 Å². The zero-order chi connectivity index (χ0) is 56.9. The van der Waals surface area contributed by atoms with Gasteiger partial charge in [0.1, 0.15) is 0 Å². The molecule has 5 nitrogen and oxygen atoms in total. The van der Waals surface area contributed by atoms with Crippen molar-refractivity contribution in [2.24, 2.45) is 0 Å². The molecule has 0 bridgehead atoms. The van der Waals surface area contributed by atoms with Crippen LogP contribution in [0.25, 0.3) is 145 Å². The lowest BCUT2D eigenvalue weighted by Crippen LogP contribution is -2.05. The molecule has 1 unspecified atom stereocenters. The minimum Gasteiger partial charge on any atom is -0.309 e. The first-order valence-corrected chi connectivity index (χ1v) is 29.5. The highest BCUT2D eigenvalue weighted by Gasteiger charge is 2.25. The molecule has 404 valence electrons. The molecule has 1 aliphatic rings. The summed E-state index contributed by atoms with van der Waals surface area (Å²) in [7, 11) is 0. The Morgan fingerprint density at radius 2 is 0.721 bits per heavy atom. The van der Waals surface area contributed by atoms with Gasteiger partial charge in [-0.3, -0.25) is 0 Å². The molecular formula is C81H55N5. The number of para-hydroxylation sites is 2. The van der Waals surface area contributed by atoms with Crippen molar-refractivity contribution in [3.05, 3.63) is 321 Å². The van der Waals surface area contributed by atoms with Gasteiger partial charge in [0.2, 0.25) is 0 Å². The molecule has 0 amide bonds. The Morgan fingerprint density at radius 1 is 0.279 bits per heavy atom. The van der Waals surface area contributed by atoms with Crippen LogP contribution in [0, 0.1) is 0 Å². The molecule has 1 aliphatic carbocycles. The van der Waals surface area contributed by atoms with E-state index >= 15 is 0 Å². The molecule has 0 N–H and O–H groups in total. The van der Waals surface area contributed by atoms with E-state index in [2.05, 4.69) is 325 Å². The average Bonchev–Trinajstić information content (AvgIpc) is 1.86. The zero-order valence-electron chi connectivity index (χ0n) is 47.0. The third-order valence-electron chi connectivity index (χ3n) is 17.1. The van der Waals surface area contributed by atoms with Gasteiger partial charge in [0.15, 0.2) is 17.5 Å². The standard InChI is InChI=1S/C81H55N5/c1-7-23-54(24-8-1)58-39-41-61(42-40-58)79-82-80(65-48-63(56-27-11-3-12-28-56)47-64(49-65)57-29-13-4-14-30-57)84-81(83-79)66-51-71(59-31-15-5-16-32-59)78(72(52-66)60-33-17-6-18-34-60)86-76-46-43-62(55-25-9-2-10-26-55)50-73(76)70-45-44-67(53-77(70)86)85-74-37-21-19-35-68(74)69-36-20-22-38-75(69)85/h1-29,31-53,57H,30H2. The van der Waals surface area contributed by atoms with Crippen molar-refractivity contribution in [1.82, 2.24) is 24.1 Å². The fourth-order valence-corrected chi connectivity index (χ4v) is 12.9. The summed E-state index contributed by atoms with van der Waals surface area (Å²) in [5.74, 6) is 1.98. The summed E-state index contributed by atoms with van der Waals surface area (Å²) in [5, 5.41) is 4.77. The second-order valence-corrected chi connectivity index (χ2v) is 22.3. The van der Waals surface area contributed by atoms with E-state index in [1.807, 2.05) is 0 Å². The van der Waals surface area contributed by atoms with E-state index in [1.165, 1.54) is 27.3 Å². The SMILES string of the molecule is C1=CCC(c2cc(-c3ccccc3)cc(-c3nc(-c4ccc(-c5ccccc5)cc4)nc(-c4cc(-c5ccccc5)c(-n5c6ccc(-c7ccccc7)cc6c6ccc(-n7c8ccccc8c8ccccc87)cc65)c(-c5ccccc5)c4)n3)c2)C=C1. The lowest BCUT2D eigenvalue weighted by atomic mass is 9.88. The number of hydrogen-bond acceptors (Lipinski definition) is 3. The van der Waals surface area contributed by atoms with Crippen LogP contribution in [0.2, 0.25) is 0 Å². The maximum atomic E-state index is 5.61. The molecule has 0 saturated heterocycles. The van der Waals surface area contributed by atoms with Crippen LogP contribution in [0.3, 0.4) is 0 Å². The van der Waals surface area contributed by atoms with Crippen molar-refractivity contribution in [1.29, 1.82) is 0 Å². The maximum Gasteiger partial charge on any atom is 0.164 e. The van der Waals surface area contributed by atoms with Gasteiger partial charge in [0, 0.05) is 61.0 Å². The summed E-state index contributed by atoms with van der Waals surface area (Å²) in [6.07, 6.45) is 9.76. The normalized spacial score (nSPS) is 13.1. The maximum absolute atomic E-state index is 5.61. The van der Waals surface area contributed by atoms with Crippen LogP contribution < -0.4 is 0 Å². The number of rotatable bonds is 11. The molecule has 0 fully saturated rings. The molecule has 16 rings (SSSR count). The smallest absolute Gasteiger partial charge is 0.164 e. The first kappa shape index (κ1) is 50.5. The Labute approximate surface area is 499 Å². The van der Waals surface area contributed by atoms with Crippen molar-refractivity contribution in [2.75, 3.05) is 0 Å². The Balaban J connectivity index is 0.977. The second kappa shape index (κ2) is 21.5. The number of benzene rings is 12. The van der Waals surface area contributed by atoms with Crippen LogP contribution in [-0.2, 0) is 0 Å². The molecule has 12 aromatic carbocycles. The first-order chi connectivity index (χ1) is 42.6. The Hall–Kier alpha value is -11.3. The predicted octanol–water partition coefficient (Wildman–Crippen LogP) is 21.0. The summed E-state index contributed by atoms with van der Waals surface area (Å²) in [4.78, 5) is 16.6. The van der Waals surface area contributed by atoms with Gasteiger partial charge >= 0.3 is 0 Å². The van der Waals surface area contributed by atoms with Gasteiger partial charge in [-0.25, -0.2) is 15.0 Å². The molecule has 15 aromatic rings. The fourth-order valence-electron chi connectivity index (χ4n) is 12.9. The predicted molar refractivity (Wildman–Crippen MR) is 358 cm³/mol. The van der Waals surface area contributed by atoms with Crippen LogP contribution in [0.4, 0.5) is 0 Å². The molecule has 1 atom stereocenters. The number of nitrogens with zero attached hydrogens (tertiary/aromatic N) is 5. The highest BCUT2D eigenvalue weighted by atomic mass is 15.0. The molecule has 0 spiro atoms. The lowest BCUT2D eigenvalue weighted by molar-refractivity contribution is 0.854. The monoisotopic (exact) mass is 1100 g/mol. The summed E-state index contributed by atoms with van der Waals surface area (Å²) < 4.78 is 4.95. The third kappa shape index (κ3) is 9.10. The van der Waals surface area contributed by atoms with Gasteiger partial charge in [-0.2, -0.15) is 0 Å². The second-order valence-electron chi connectivity index (χ2n) is 22.3.